The van der Waals surface area contributed by atoms with Crippen LogP contribution in [0.3, 0.4) is 0 Å². The molecule has 0 aliphatic heterocycles. The smallest absolute Gasteiger partial charge is 0.306 e. The topological polar surface area (TPSA) is 78.9 Å². The van der Waals surface area contributed by atoms with Crippen molar-refractivity contribution < 1.29 is 28.6 Å². The van der Waals surface area contributed by atoms with E-state index in [-0.39, 0.29) is 44.0 Å². The SMILES string of the molecule is CC/C=C\C/C=C\C/C=C\C/C=C\CCCCCCCCCCCCCCCCC(=O)OCC(COC(=O)CC/C=C\C/C=C\C/C=C\C/C=C\CC)OC(=O)CCCCCC/C=C\C/C=C\C/C=C\C/C=C\CC. The summed E-state index contributed by atoms with van der Waals surface area (Å²) < 4.78 is 16.8. The third kappa shape index (κ3) is 60.0. The number of allylic oxidation sites excluding steroid dienone is 24. The summed E-state index contributed by atoms with van der Waals surface area (Å²) in [6.45, 7) is 6.21. The minimum Gasteiger partial charge on any atom is -0.462 e. The Morgan fingerprint density at radius 1 is 0.267 bits per heavy atom. The van der Waals surface area contributed by atoms with Crippen molar-refractivity contribution in [3.05, 3.63) is 146 Å². The molecule has 6 heteroatoms. The van der Waals surface area contributed by atoms with Gasteiger partial charge in [0.25, 0.3) is 0 Å². The Balaban J connectivity index is 4.37. The molecule has 0 saturated heterocycles. The van der Waals surface area contributed by atoms with Gasteiger partial charge in [0.1, 0.15) is 13.2 Å². The maximum absolute atomic E-state index is 12.9. The van der Waals surface area contributed by atoms with Gasteiger partial charge in [0.05, 0.1) is 0 Å². The van der Waals surface area contributed by atoms with Crippen LogP contribution < -0.4 is 0 Å². The molecule has 0 N–H and O–H groups in total. The molecule has 1 atom stereocenters. The molecule has 0 aromatic carbocycles. The molecule has 0 rings (SSSR count). The fraction of sp³-hybridized carbons (Fsp3) is 0.609. The van der Waals surface area contributed by atoms with E-state index < -0.39 is 6.10 Å². The van der Waals surface area contributed by atoms with Crippen molar-refractivity contribution in [1.82, 2.24) is 0 Å². The summed E-state index contributed by atoms with van der Waals surface area (Å²) >= 11 is 0. The number of carbonyl (C=O) groups excluding carboxylic acids is 3. The maximum Gasteiger partial charge on any atom is 0.306 e. The molecule has 0 aromatic heterocycles. The lowest BCUT2D eigenvalue weighted by Crippen LogP contribution is -2.30. The predicted molar refractivity (Wildman–Crippen MR) is 325 cm³/mol. The van der Waals surface area contributed by atoms with Gasteiger partial charge < -0.3 is 14.2 Å². The Labute approximate surface area is 461 Å². The summed E-state index contributed by atoms with van der Waals surface area (Å²) in [5, 5.41) is 0. The largest absolute Gasteiger partial charge is 0.462 e. The molecular formula is C69H110O6. The minimum absolute atomic E-state index is 0.115. The monoisotopic (exact) mass is 1030 g/mol. The molecule has 0 amide bonds. The quantitative estimate of drug-likeness (QED) is 0.0261. The van der Waals surface area contributed by atoms with Crippen molar-refractivity contribution in [2.24, 2.45) is 0 Å². The number of esters is 3. The number of unbranched alkanes of at least 4 members (excludes halogenated alkanes) is 18. The van der Waals surface area contributed by atoms with Crippen LogP contribution in [0.15, 0.2) is 146 Å². The van der Waals surface area contributed by atoms with E-state index in [0.717, 1.165) is 128 Å². The number of rotatable bonds is 53. The summed E-state index contributed by atoms with van der Waals surface area (Å²) in [5.41, 5.74) is 0. The molecule has 75 heavy (non-hydrogen) atoms. The normalized spacial score (nSPS) is 13.2. The van der Waals surface area contributed by atoms with Crippen molar-refractivity contribution in [1.29, 1.82) is 0 Å². The van der Waals surface area contributed by atoms with E-state index >= 15 is 0 Å². The molecule has 0 fully saturated rings. The van der Waals surface area contributed by atoms with E-state index in [4.69, 9.17) is 14.2 Å². The van der Waals surface area contributed by atoms with Crippen LogP contribution in [0, 0.1) is 0 Å². The van der Waals surface area contributed by atoms with Crippen molar-refractivity contribution in [3.63, 3.8) is 0 Å². The zero-order valence-corrected chi connectivity index (χ0v) is 48.3. The molecular weight excluding hydrogens is 925 g/mol. The van der Waals surface area contributed by atoms with Gasteiger partial charge in [-0.25, -0.2) is 0 Å². The van der Waals surface area contributed by atoms with Crippen LogP contribution in [-0.2, 0) is 28.6 Å². The highest BCUT2D eigenvalue weighted by Crippen LogP contribution is 2.15. The highest BCUT2D eigenvalue weighted by atomic mass is 16.6. The first-order valence-corrected chi connectivity index (χ1v) is 30.3. The van der Waals surface area contributed by atoms with Gasteiger partial charge in [-0.05, 0) is 122 Å². The molecule has 0 aliphatic rings. The molecule has 0 saturated carbocycles. The number of hydrogen-bond donors (Lipinski definition) is 0. The summed E-state index contributed by atoms with van der Waals surface area (Å²) in [6, 6.07) is 0. The third-order valence-corrected chi connectivity index (χ3v) is 12.3. The Morgan fingerprint density at radius 2 is 0.507 bits per heavy atom. The number of ether oxygens (including phenoxy) is 3. The zero-order valence-electron chi connectivity index (χ0n) is 48.3. The van der Waals surface area contributed by atoms with Gasteiger partial charge in [0.2, 0.25) is 0 Å². The Bertz CT molecular complexity index is 1660. The van der Waals surface area contributed by atoms with Crippen LogP contribution >= 0.6 is 0 Å². The van der Waals surface area contributed by atoms with Gasteiger partial charge in [-0.15, -0.1) is 0 Å². The second kappa shape index (κ2) is 61.8. The molecule has 6 nitrogen and oxygen atoms in total. The van der Waals surface area contributed by atoms with E-state index in [1.165, 1.54) is 77.0 Å². The second-order valence-electron chi connectivity index (χ2n) is 19.5. The average molecular weight is 1040 g/mol. The summed E-state index contributed by atoms with van der Waals surface area (Å²) in [6.07, 6.45) is 88.7. The lowest BCUT2D eigenvalue weighted by Gasteiger charge is -2.18. The Hall–Kier alpha value is -4.71. The van der Waals surface area contributed by atoms with Crippen LogP contribution in [0.2, 0.25) is 0 Å². The predicted octanol–water partition coefficient (Wildman–Crippen LogP) is 20.8. The van der Waals surface area contributed by atoms with Crippen LogP contribution in [0.1, 0.15) is 252 Å². The van der Waals surface area contributed by atoms with Crippen LogP contribution in [0.5, 0.6) is 0 Å². The highest BCUT2D eigenvalue weighted by Gasteiger charge is 2.19. The Kier molecular flexibility index (Phi) is 58.0. The van der Waals surface area contributed by atoms with E-state index in [0.29, 0.717) is 12.8 Å². The molecule has 422 valence electrons. The van der Waals surface area contributed by atoms with E-state index in [1.807, 2.05) is 12.2 Å². The van der Waals surface area contributed by atoms with Gasteiger partial charge in [0, 0.05) is 19.3 Å². The summed E-state index contributed by atoms with van der Waals surface area (Å²) in [5.74, 6) is -1.03. The van der Waals surface area contributed by atoms with Crippen LogP contribution in [-0.4, -0.2) is 37.2 Å². The zero-order chi connectivity index (χ0) is 54.3. The first kappa shape index (κ1) is 70.3. The van der Waals surface area contributed by atoms with E-state index in [2.05, 4.69) is 154 Å². The molecule has 0 bridgehead atoms. The van der Waals surface area contributed by atoms with Crippen molar-refractivity contribution in [2.45, 2.75) is 258 Å². The second-order valence-corrected chi connectivity index (χ2v) is 19.5. The molecule has 0 aliphatic carbocycles. The first-order chi connectivity index (χ1) is 37.0. The van der Waals surface area contributed by atoms with E-state index in [1.54, 1.807) is 0 Å². The van der Waals surface area contributed by atoms with Gasteiger partial charge >= 0.3 is 17.9 Å². The maximum atomic E-state index is 12.9. The van der Waals surface area contributed by atoms with Crippen molar-refractivity contribution in [2.75, 3.05) is 13.2 Å². The summed E-state index contributed by atoms with van der Waals surface area (Å²) in [4.78, 5) is 38.2. The fourth-order valence-corrected chi connectivity index (χ4v) is 7.91. The van der Waals surface area contributed by atoms with Gasteiger partial charge in [-0.2, -0.15) is 0 Å². The third-order valence-electron chi connectivity index (χ3n) is 12.3. The average Bonchev–Trinajstić information content (AvgIpc) is 3.41. The number of carbonyl (C=O) groups is 3. The van der Waals surface area contributed by atoms with Gasteiger partial charge in [-0.3, -0.25) is 14.4 Å². The minimum atomic E-state index is -0.826. The van der Waals surface area contributed by atoms with Crippen LogP contribution in [0.4, 0.5) is 0 Å². The molecule has 0 heterocycles. The molecule has 0 spiro atoms. The lowest BCUT2D eigenvalue weighted by molar-refractivity contribution is -0.166. The van der Waals surface area contributed by atoms with E-state index in [9.17, 15) is 14.4 Å². The van der Waals surface area contributed by atoms with Crippen molar-refractivity contribution >= 4 is 17.9 Å². The standard InChI is InChI=1S/C69H110O6/c1-4-7-10-13-16-19-22-25-27-29-30-31-32-33-34-35-36-37-38-40-41-44-47-50-53-56-59-62-68(71)74-65-66(64-73-67(70)61-58-55-52-49-46-43-24-21-18-15-12-9-6-3)75-69(72)63-60-57-54-51-48-45-42-39-28-26-23-20-17-14-11-8-5-2/h7-12,16-21,25-28,30-31,42-43,45-46,52,55,66H,4-6,13-15,22-24,29,32-41,44,47-51,53-54,56-65H2,1-3H3/b10-7-,11-8-,12-9-,19-16-,20-17-,21-18-,27-25-,28-26-,31-30-,45-42-,46-43-,55-52-. The molecule has 0 radical (unpaired) electrons. The highest BCUT2D eigenvalue weighted by molar-refractivity contribution is 5.71. The van der Waals surface area contributed by atoms with Crippen molar-refractivity contribution in [3.8, 4) is 0 Å². The fourth-order valence-electron chi connectivity index (χ4n) is 7.91. The number of hydrogen-bond acceptors (Lipinski definition) is 6. The molecule has 0 aromatic rings. The Morgan fingerprint density at radius 3 is 0.827 bits per heavy atom. The summed E-state index contributed by atoms with van der Waals surface area (Å²) in [7, 11) is 0. The first-order valence-electron chi connectivity index (χ1n) is 30.3. The van der Waals surface area contributed by atoms with Crippen LogP contribution in [0.25, 0.3) is 0 Å². The van der Waals surface area contributed by atoms with Gasteiger partial charge in [0.15, 0.2) is 6.10 Å². The molecule has 1 unspecified atom stereocenters. The van der Waals surface area contributed by atoms with Gasteiger partial charge in [-0.1, -0.05) is 256 Å². The lowest BCUT2D eigenvalue weighted by atomic mass is 10.0.